The highest BCUT2D eigenvalue weighted by Gasteiger charge is 2.34. The lowest BCUT2D eigenvalue weighted by Crippen LogP contribution is -2.55. The van der Waals surface area contributed by atoms with Gasteiger partial charge in [0, 0.05) is 35.9 Å². The van der Waals surface area contributed by atoms with Gasteiger partial charge >= 0.3 is 18.0 Å². The number of aromatic nitrogens is 1. The number of ether oxygens (including phenoxy) is 3. The van der Waals surface area contributed by atoms with Gasteiger partial charge < -0.3 is 35.1 Å². The van der Waals surface area contributed by atoms with Crippen LogP contribution in [0.5, 0.6) is 0 Å². The summed E-state index contributed by atoms with van der Waals surface area (Å²) in [6.07, 6.45) is 1.76. The maximum atomic E-state index is 14.2. The van der Waals surface area contributed by atoms with E-state index in [4.69, 9.17) is 14.2 Å². The fraction of sp³-hybridized carbons (Fsp3) is 0.283. The molecule has 4 N–H and O–H groups in total. The summed E-state index contributed by atoms with van der Waals surface area (Å²) in [5, 5.41) is 8.91. The average molecular weight is 785 g/mol. The van der Waals surface area contributed by atoms with Crippen molar-refractivity contribution in [1.29, 1.82) is 0 Å². The number of rotatable bonds is 16. The third-order valence-corrected chi connectivity index (χ3v) is 9.69. The zero-order valence-electron chi connectivity index (χ0n) is 32.8. The smallest absolute Gasteiger partial charge is 0.407 e. The van der Waals surface area contributed by atoms with Crippen molar-refractivity contribution >= 4 is 40.7 Å². The highest BCUT2D eigenvalue weighted by Crippen LogP contribution is 2.44. The Hall–Kier alpha value is -6.69. The molecule has 12 heteroatoms. The molecule has 0 saturated heterocycles. The monoisotopic (exact) mass is 784 g/mol. The Balaban J connectivity index is 1.19. The van der Waals surface area contributed by atoms with Gasteiger partial charge in [-0.2, -0.15) is 0 Å². The van der Waals surface area contributed by atoms with Gasteiger partial charge in [0.15, 0.2) is 0 Å². The fourth-order valence-corrected chi connectivity index (χ4v) is 7.07. The van der Waals surface area contributed by atoms with Crippen LogP contribution in [0.15, 0.2) is 122 Å². The number of hydrogen-bond acceptors (Lipinski definition) is 8. The second-order valence-electron chi connectivity index (χ2n) is 15.1. The molecular formula is C46H48N4O8. The number of esters is 2. The summed E-state index contributed by atoms with van der Waals surface area (Å²) < 4.78 is 16.6. The largest absolute Gasteiger partial charge is 0.460 e. The lowest BCUT2D eigenvalue weighted by molar-refractivity contribution is -0.158. The van der Waals surface area contributed by atoms with E-state index in [-0.39, 0.29) is 32.0 Å². The van der Waals surface area contributed by atoms with Gasteiger partial charge in [0.05, 0.1) is 6.42 Å². The van der Waals surface area contributed by atoms with Crippen molar-refractivity contribution in [3.05, 3.63) is 144 Å². The molecule has 1 aliphatic rings. The van der Waals surface area contributed by atoms with Crippen molar-refractivity contribution in [2.45, 2.75) is 69.7 Å². The van der Waals surface area contributed by atoms with Crippen LogP contribution < -0.4 is 16.0 Å². The molecule has 58 heavy (non-hydrogen) atoms. The number of amides is 3. The van der Waals surface area contributed by atoms with Crippen molar-refractivity contribution in [2.24, 2.45) is 0 Å². The SMILES string of the molecule is C=CCOC(=O)[C@H](CC(=O)N[C@@H](Cc1c[nH]c2ccccc12)C(=O)N[C@@H](Cc1ccccc1)C(=O)OC(C)(C)C)NC(=O)OCC1c2ccccc2-c2ccccc21. The molecule has 0 unspecified atom stereocenters. The predicted octanol–water partition coefficient (Wildman–Crippen LogP) is 6.29. The van der Waals surface area contributed by atoms with E-state index in [1.54, 1.807) is 27.0 Å². The molecule has 1 aliphatic carbocycles. The molecule has 1 aromatic heterocycles. The number of alkyl carbamates (subject to hydrolysis) is 1. The maximum Gasteiger partial charge on any atom is 0.407 e. The number of nitrogens with one attached hydrogen (secondary N) is 4. The molecule has 3 amide bonds. The topological polar surface area (TPSA) is 165 Å². The summed E-state index contributed by atoms with van der Waals surface area (Å²) in [5.74, 6) is -3.16. The third kappa shape index (κ3) is 10.4. The molecule has 5 aromatic rings. The minimum Gasteiger partial charge on any atom is -0.460 e. The molecule has 300 valence electrons. The quantitative estimate of drug-likeness (QED) is 0.0515. The second-order valence-corrected chi connectivity index (χ2v) is 15.1. The standard InChI is InChI=1S/C46H48N4O8/c1-5-23-56-43(53)40(50-45(55)57-28-36-34-20-11-9-18-32(34)33-19-10-12-21-35(33)36)26-41(51)48-38(25-30-27-47-37-22-14-13-17-31(30)37)42(52)49-39(44(54)58-46(2,3)4)24-29-15-7-6-8-16-29/h5-22,27,36,38-40,47H,1,23-26,28H2,2-4H3,(H,48,51)(H,49,52)(H,50,55)/t38-,39-,40-/m0/s1. The summed E-state index contributed by atoms with van der Waals surface area (Å²) in [4.78, 5) is 71.2. The summed E-state index contributed by atoms with van der Waals surface area (Å²) in [7, 11) is 0. The van der Waals surface area contributed by atoms with E-state index in [0.29, 0.717) is 0 Å². The Bertz CT molecular complexity index is 2230. The van der Waals surface area contributed by atoms with Crippen molar-refractivity contribution in [1.82, 2.24) is 20.9 Å². The molecule has 3 atom stereocenters. The first-order valence-electron chi connectivity index (χ1n) is 19.2. The second kappa shape index (κ2) is 18.5. The molecule has 0 fully saturated rings. The number of benzene rings is 4. The maximum absolute atomic E-state index is 14.2. The number of aromatic amines is 1. The van der Waals surface area contributed by atoms with Crippen molar-refractivity contribution in [3.63, 3.8) is 0 Å². The highest BCUT2D eigenvalue weighted by molar-refractivity contribution is 5.94. The van der Waals surface area contributed by atoms with Gasteiger partial charge in [-0.1, -0.05) is 110 Å². The Morgan fingerprint density at radius 1 is 0.724 bits per heavy atom. The van der Waals surface area contributed by atoms with Crippen LogP contribution in [0.25, 0.3) is 22.0 Å². The van der Waals surface area contributed by atoms with Crippen molar-refractivity contribution < 1.29 is 38.2 Å². The van der Waals surface area contributed by atoms with Crippen LogP contribution >= 0.6 is 0 Å². The number of para-hydroxylation sites is 1. The Morgan fingerprint density at radius 3 is 2.03 bits per heavy atom. The number of H-pyrrole nitrogens is 1. The minimum absolute atomic E-state index is 0.0187. The van der Waals surface area contributed by atoms with Crippen LogP contribution in [-0.4, -0.2) is 71.8 Å². The van der Waals surface area contributed by atoms with E-state index in [9.17, 15) is 24.0 Å². The first kappa shape index (κ1) is 41.0. The number of fused-ring (bicyclic) bond motifs is 4. The summed E-state index contributed by atoms with van der Waals surface area (Å²) in [6, 6.07) is 28.7. The summed E-state index contributed by atoms with van der Waals surface area (Å²) in [6.45, 7) is 8.60. The van der Waals surface area contributed by atoms with Crippen molar-refractivity contribution in [3.8, 4) is 11.1 Å². The first-order valence-corrected chi connectivity index (χ1v) is 19.2. The van der Waals surface area contributed by atoms with Crippen LogP contribution in [0.1, 0.15) is 55.4 Å². The van der Waals surface area contributed by atoms with E-state index < -0.39 is 60.0 Å². The summed E-state index contributed by atoms with van der Waals surface area (Å²) in [5.41, 5.74) is 5.64. The highest BCUT2D eigenvalue weighted by atomic mass is 16.6. The number of hydrogen-bond donors (Lipinski definition) is 4. The third-order valence-electron chi connectivity index (χ3n) is 9.69. The Labute approximate surface area is 337 Å². The van der Waals surface area contributed by atoms with E-state index in [1.807, 2.05) is 103 Å². The Kier molecular flexibility index (Phi) is 13.1. The molecular weight excluding hydrogens is 737 g/mol. The first-order chi connectivity index (χ1) is 27.9. The molecule has 1 heterocycles. The lowest BCUT2D eigenvalue weighted by atomic mass is 9.98. The molecule has 4 aromatic carbocycles. The fourth-order valence-electron chi connectivity index (χ4n) is 7.07. The van der Waals surface area contributed by atoms with Gasteiger partial charge in [-0.3, -0.25) is 9.59 Å². The average Bonchev–Trinajstić information content (AvgIpc) is 3.76. The van der Waals surface area contributed by atoms with E-state index >= 15 is 0 Å². The van der Waals surface area contributed by atoms with E-state index in [1.165, 1.54) is 6.08 Å². The molecule has 0 bridgehead atoms. The van der Waals surface area contributed by atoms with Crippen LogP contribution in [0.2, 0.25) is 0 Å². The lowest BCUT2D eigenvalue weighted by Gasteiger charge is -2.27. The van der Waals surface area contributed by atoms with Gasteiger partial charge in [-0.05, 0) is 60.2 Å². The molecule has 0 saturated carbocycles. The van der Waals surface area contributed by atoms with Gasteiger partial charge in [-0.15, -0.1) is 0 Å². The number of carbonyl (C=O) groups excluding carboxylic acids is 5. The van der Waals surface area contributed by atoms with E-state index in [2.05, 4.69) is 27.5 Å². The van der Waals surface area contributed by atoms with Crippen LogP contribution in [0.4, 0.5) is 4.79 Å². The minimum atomic E-state index is -1.47. The van der Waals surface area contributed by atoms with Gasteiger partial charge in [0.2, 0.25) is 11.8 Å². The molecule has 0 radical (unpaired) electrons. The zero-order chi connectivity index (χ0) is 41.2. The predicted molar refractivity (Wildman–Crippen MR) is 220 cm³/mol. The molecule has 6 rings (SSSR count). The van der Waals surface area contributed by atoms with E-state index in [0.717, 1.165) is 44.3 Å². The van der Waals surface area contributed by atoms with Crippen molar-refractivity contribution in [2.75, 3.05) is 13.2 Å². The van der Waals surface area contributed by atoms with Crippen LogP contribution in [0, 0.1) is 0 Å². The van der Waals surface area contributed by atoms with Crippen LogP contribution in [-0.2, 0) is 46.2 Å². The van der Waals surface area contributed by atoms with Gasteiger partial charge in [0.25, 0.3) is 0 Å². The summed E-state index contributed by atoms with van der Waals surface area (Å²) >= 11 is 0. The zero-order valence-corrected chi connectivity index (χ0v) is 32.8. The van der Waals surface area contributed by atoms with Gasteiger partial charge in [0.1, 0.15) is 36.9 Å². The Morgan fingerprint density at radius 2 is 1.36 bits per heavy atom. The molecule has 0 spiro atoms. The van der Waals surface area contributed by atoms with Crippen LogP contribution in [0.3, 0.4) is 0 Å². The number of carbonyl (C=O) groups is 5. The normalized spacial score (nSPS) is 13.6. The molecule has 12 nitrogen and oxygen atoms in total. The molecule has 0 aliphatic heterocycles. The van der Waals surface area contributed by atoms with Gasteiger partial charge in [-0.25, -0.2) is 14.4 Å².